The number of ether oxygens (including phenoxy) is 1. The molecule has 0 spiro atoms. The SMILES string of the molecule is COc1cccc(-c2nnc(SC(C)C(=O)Nc3ccc(F)cc3)n2C)c1. The molecule has 1 heterocycles. The Morgan fingerprint density at radius 2 is 1.96 bits per heavy atom. The van der Waals surface area contributed by atoms with Crippen LogP contribution in [0.15, 0.2) is 53.7 Å². The first-order valence-electron chi connectivity index (χ1n) is 8.25. The fourth-order valence-electron chi connectivity index (χ4n) is 2.42. The highest BCUT2D eigenvalue weighted by Crippen LogP contribution is 2.27. The van der Waals surface area contributed by atoms with Gasteiger partial charge >= 0.3 is 0 Å². The van der Waals surface area contributed by atoms with E-state index in [1.54, 1.807) is 14.0 Å². The van der Waals surface area contributed by atoms with E-state index in [-0.39, 0.29) is 11.7 Å². The zero-order valence-electron chi connectivity index (χ0n) is 15.1. The van der Waals surface area contributed by atoms with Crippen LogP contribution in [0.2, 0.25) is 0 Å². The average molecular weight is 386 g/mol. The lowest BCUT2D eigenvalue weighted by Crippen LogP contribution is -2.22. The third-order valence-electron chi connectivity index (χ3n) is 3.93. The van der Waals surface area contributed by atoms with Crippen LogP contribution in [0, 0.1) is 5.82 Å². The molecule has 8 heteroatoms. The maximum atomic E-state index is 13.0. The Balaban J connectivity index is 1.71. The molecule has 0 saturated carbocycles. The number of nitrogens with one attached hydrogen (secondary N) is 1. The molecular weight excluding hydrogens is 367 g/mol. The minimum Gasteiger partial charge on any atom is -0.497 e. The number of amides is 1. The molecule has 140 valence electrons. The van der Waals surface area contributed by atoms with Crippen molar-refractivity contribution < 1.29 is 13.9 Å². The summed E-state index contributed by atoms with van der Waals surface area (Å²) in [5, 5.41) is 11.4. The third kappa shape index (κ3) is 4.46. The lowest BCUT2D eigenvalue weighted by molar-refractivity contribution is -0.115. The second kappa shape index (κ2) is 8.22. The Hall–Kier alpha value is -2.87. The molecule has 0 aliphatic carbocycles. The molecule has 0 bridgehead atoms. The van der Waals surface area contributed by atoms with E-state index >= 15 is 0 Å². The molecule has 1 amide bonds. The lowest BCUT2D eigenvalue weighted by atomic mass is 10.2. The van der Waals surface area contributed by atoms with E-state index < -0.39 is 5.25 Å². The van der Waals surface area contributed by atoms with E-state index in [2.05, 4.69) is 15.5 Å². The molecule has 3 aromatic rings. The van der Waals surface area contributed by atoms with Gasteiger partial charge in [0, 0.05) is 18.3 Å². The van der Waals surface area contributed by atoms with Gasteiger partial charge in [-0.1, -0.05) is 23.9 Å². The Bertz CT molecular complexity index is 943. The maximum absolute atomic E-state index is 13.0. The summed E-state index contributed by atoms with van der Waals surface area (Å²) in [6, 6.07) is 13.2. The van der Waals surface area contributed by atoms with E-state index in [4.69, 9.17) is 4.74 Å². The van der Waals surface area contributed by atoms with Gasteiger partial charge in [-0.2, -0.15) is 0 Å². The van der Waals surface area contributed by atoms with Crippen molar-refractivity contribution in [3.05, 3.63) is 54.3 Å². The van der Waals surface area contributed by atoms with Crippen LogP contribution in [0.1, 0.15) is 6.92 Å². The van der Waals surface area contributed by atoms with Crippen LogP contribution < -0.4 is 10.1 Å². The lowest BCUT2D eigenvalue weighted by Gasteiger charge is -2.12. The number of methoxy groups -OCH3 is 1. The fraction of sp³-hybridized carbons (Fsp3) is 0.211. The summed E-state index contributed by atoms with van der Waals surface area (Å²) >= 11 is 1.30. The van der Waals surface area contributed by atoms with E-state index in [9.17, 15) is 9.18 Å². The number of carbonyl (C=O) groups excluding carboxylic acids is 1. The number of rotatable bonds is 6. The van der Waals surface area contributed by atoms with Gasteiger partial charge in [-0.3, -0.25) is 4.79 Å². The van der Waals surface area contributed by atoms with E-state index in [1.807, 2.05) is 35.9 Å². The summed E-state index contributed by atoms with van der Waals surface area (Å²) < 4.78 is 20.0. The Labute approximate surface area is 160 Å². The largest absolute Gasteiger partial charge is 0.497 e. The number of thioether (sulfide) groups is 1. The van der Waals surface area contributed by atoms with Crippen molar-refractivity contribution in [1.29, 1.82) is 0 Å². The normalized spacial score (nSPS) is 11.9. The van der Waals surface area contributed by atoms with Crippen molar-refractivity contribution in [3.8, 4) is 17.1 Å². The number of carbonyl (C=O) groups is 1. The van der Waals surface area contributed by atoms with Gasteiger partial charge in [0.2, 0.25) is 5.91 Å². The molecule has 1 N–H and O–H groups in total. The fourth-order valence-corrected chi connectivity index (χ4v) is 3.23. The zero-order chi connectivity index (χ0) is 19.4. The first-order valence-corrected chi connectivity index (χ1v) is 9.13. The van der Waals surface area contributed by atoms with Crippen LogP contribution in [0.25, 0.3) is 11.4 Å². The zero-order valence-corrected chi connectivity index (χ0v) is 16.0. The summed E-state index contributed by atoms with van der Waals surface area (Å²) in [5.74, 6) is 0.872. The van der Waals surface area contributed by atoms with Gasteiger partial charge in [0.15, 0.2) is 11.0 Å². The highest BCUT2D eigenvalue weighted by atomic mass is 32.2. The van der Waals surface area contributed by atoms with Crippen LogP contribution in [0.3, 0.4) is 0 Å². The minimum atomic E-state index is -0.406. The first-order chi connectivity index (χ1) is 13.0. The number of aromatic nitrogens is 3. The summed E-state index contributed by atoms with van der Waals surface area (Å²) in [6.07, 6.45) is 0. The van der Waals surface area contributed by atoms with Crippen molar-refractivity contribution >= 4 is 23.4 Å². The topological polar surface area (TPSA) is 69.0 Å². The molecule has 0 aliphatic heterocycles. The highest BCUT2D eigenvalue weighted by Gasteiger charge is 2.19. The Morgan fingerprint density at radius 1 is 1.22 bits per heavy atom. The highest BCUT2D eigenvalue weighted by molar-refractivity contribution is 8.00. The average Bonchev–Trinajstić information content (AvgIpc) is 3.04. The molecule has 27 heavy (non-hydrogen) atoms. The number of halogens is 1. The van der Waals surface area contributed by atoms with Crippen LogP contribution >= 0.6 is 11.8 Å². The van der Waals surface area contributed by atoms with Crippen molar-refractivity contribution in [2.75, 3.05) is 12.4 Å². The van der Waals surface area contributed by atoms with Gasteiger partial charge in [0.1, 0.15) is 11.6 Å². The van der Waals surface area contributed by atoms with Crippen molar-refractivity contribution in [3.63, 3.8) is 0 Å². The quantitative estimate of drug-likeness (QED) is 0.654. The number of benzene rings is 2. The van der Waals surface area contributed by atoms with Gasteiger partial charge in [-0.25, -0.2) is 4.39 Å². The summed E-state index contributed by atoms with van der Waals surface area (Å²) in [4.78, 5) is 12.4. The summed E-state index contributed by atoms with van der Waals surface area (Å²) in [5.41, 5.74) is 1.42. The van der Waals surface area contributed by atoms with Gasteiger partial charge in [0.25, 0.3) is 0 Å². The summed E-state index contributed by atoms with van der Waals surface area (Å²) in [6.45, 7) is 1.78. The second-order valence-corrected chi connectivity index (χ2v) is 7.16. The van der Waals surface area contributed by atoms with Crippen LogP contribution in [0.4, 0.5) is 10.1 Å². The van der Waals surface area contributed by atoms with E-state index in [1.165, 1.54) is 36.0 Å². The molecule has 0 aliphatic rings. The van der Waals surface area contributed by atoms with E-state index in [0.717, 1.165) is 11.3 Å². The predicted octanol–water partition coefficient (Wildman–Crippen LogP) is 3.75. The second-order valence-electron chi connectivity index (χ2n) is 5.85. The van der Waals surface area contributed by atoms with Gasteiger partial charge in [-0.15, -0.1) is 10.2 Å². The predicted molar refractivity (Wildman–Crippen MR) is 103 cm³/mol. The number of anilines is 1. The first kappa shape index (κ1) is 18.9. The van der Waals surface area contributed by atoms with Crippen LogP contribution in [-0.4, -0.2) is 33.0 Å². The van der Waals surface area contributed by atoms with Crippen LogP contribution in [-0.2, 0) is 11.8 Å². The van der Waals surface area contributed by atoms with E-state index in [0.29, 0.717) is 16.7 Å². The third-order valence-corrected chi connectivity index (χ3v) is 5.06. The molecule has 1 unspecified atom stereocenters. The number of nitrogens with zero attached hydrogens (tertiary/aromatic N) is 3. The van der Waals surface area contributed by atoms with Gasteiger partial charge in [-0.05, 0) is 43.3 Å². The molecule has 1 aromatic heterocycles. The smallest absolute Gasteiger partial charge is 0.237 e. The summed E-state index contributed by atoms with van der Waals surface area (Å²) in [7, 11) is 3.46. The number of hydrogen-bond acceptors (Lipinski definition) is 5. The monoisotopic (exact) mass is 386 g/mol. The molecule has 3 rings (SSSR count). The van der Waals surface area contributed by atoms with Crippen molar-refractivity contribution in [2.24, 2.45) is 7.05 Å². The molecule has 1 atom stereocenters. The molecule has 6 nitrogen and oxygen atoms in total. The molecule has 2 aromatic carbocycles. The molecular formula is C19H19FN4O2S. The Morgan fingerprint density at radius 3 is 2.67 bits per heavy atom. The maximum Gasteiger partial charge on any atom is 0.237 e. The molecule has 0 saturated heterocycles. The van der Waals surface area contributed by atoms with Gasteiger partial charge in [0.05, 0.1) is 12.4 Å². The van der Waals surface area contributed by atoms with Crippen molar-refractivity contribution in [2.45, 2.75) is 17.3 Å². The van der Waals surface area contributed by atoms with Crippen molar-refractivity contribution in [1.82, 2.24) is 14.8 Å². The number of hydrogen-bond donors (Lipinski definition) is 1. The van der Waals surface area contributed by atoms with Gasteiger partial charge < -0.3 is 14.6 Å². The molecule has 0 radical (unpaired) electrons. The standard InChI is InChI=1S/C19H19FN4O2S/c1-12(18(25)21-15-9-7-14(20)8-10-15)27-19-23-22-17(24(19)2)13-5-4-6-16(11-13)26-3/h4-12H,1-3H3,(H,21,25). The molecule has 0 fully saturated rings. The minimum absolute atomic E-state index is 0.197. The van der Waals surface area contributed by atoms with Crippen LogP contribution in [0.5, 0.6) is 5.75 Å². The Kier molecular flexibility index (Phi) is 5.75.